The highest BCUT2D eigenvalue weighted by Crippen LogP contribution is 2.18. The third-order valence-corrected chi connectivity index (χ3v) is 3.76. The van der Waals surface area contributed by atoms with Crippen LogP contribution in [0.5, 0.6) is 11.5 Å². The number of carbonyl (C=O) groups is 2. The molecule has 0 aliphatic heterocycles. The third kappa shape index (κ3) is 4.92. The molecule has 0 aliphatic carbocycles. The highest BCUT2D eigenvalue weighted by atomic mass is 16.5. The highest BCUT2D eigenvalue weighted by molar-refractivity contribution is 6.09. The van der Waals surface area contributed by atoms with Gasteiger partial charge in [-0.15, -0.1) is 0 Å². The van der Waals surface area contributed by atoms with Crippen LogP contribution in [0, 0.1) is 0 Å². The Hall–Kier alpha value is -3.67. The van der Waals surface area contributed by atoms with Gasteiger partial charge in [-0.05, 0) is 48.5 Å². The van der Waals surface area contributed by atoms with Gasteiger partial charge in [-0.2, -0.15) is 0 Å². The zero-order chi connectivity index (χ0) is 19.1. The van der Waals surface area contributed by atoms with Gasteiger partial charge in [0.15, 0.2) is 12.4 Å². The van der Waals surface area contributed by atoms with Crippen molar-refractivity contribution < 1.29 is 19.1 Å². The molecule has 1 N–H and O–H groups in total. The number of pyridine rings is 1. The van der Waals surface area contributed by atoms with E-state index in [0.29, 0.717) is 28.3 Å². The SMILES string of the molecule is COc1cccc(C(=O)c2ccc(OCC(=O)Nc3cccnc3)cc2)c1. The summed E-state index contributed by atoms with van der Waals surface area (Å²) in [5.74, 6) is 0.716. The summed E-state index contributed by atoms with van der Waals surface area (Å²) in [5.41, 5.74) is 1.67. The average Bonchev–Trinajstić information content (AvgIpc) is 2.73. The molecule has 0 atom stereocenters. The quantitative estimate of drug-likeness (QED) is 0.652. The van der Waals surface area contributed by atoms with Crippen molar-refractivity contribution in [1.82, 2.24) is 4.98 Å². The molecule has 2 aromatic carbocycles. The molecule has 1 amide bonds. The molecule has 0 saturated carbocycles. The van der Waals surface area contributed by atoms with Crippen molar-refractivity contribution in [3.05, 3.63) is 84.2 Å². The van der Waals surface area contributed by atoms with Crippen LogP contribution in [-0.4, -0.2) is 30.4 Å². The fraction of sp³-hybridized carbons (Fsp3) is 0.0952. The van der Waals surface area contributed by atoms with Gasteiger partial charge < -0.3 is 14.8 Å². The summed E-state index contributed by atoms with van der Waals surface area (Å²) in [6, 6.07) is 17.1. The summed E-state index contributed by atoms with van der Waals surface area (Å²) in [4.78, 5) is 28.3. The predicted molar refractivity (Wildman–Crippen MR) is 101 cm³/mol. The summed E-state index contributed by atoms with van der Waals surface area (Å²) in [7, 11) is 1.56. The molecule has 0 saturated heterocycles. The lowest BCUT2D eigenvalue weighted by Crippen LogP contribution is -2.20. The predicted octanol–water partition coefficient (Wildman–Crippen LogP) is 3.34. The molecule has 1 heterocycles. The summed E-state index contributed by atoms with van der Waals surface area (Å²) in [6.45, 7) is -0.141. The van der Waals surface area contributed by atoms with Crippen LogP contribution >= 0.6 is 0 Å². The molecule has 0 unspecified atom stereocenters. The number of methoxy groups -OCH3 is 1. The second-order valence-corrected chi connectivity index (χ2v) is 5.66. The van der Waals surface area contributed by atoms with Gasteiger partial charge in [0, 0.05) is 17.3 Å². The number of hydrogen-bond acceptors (Lipinski definition) is 5. The molecule has 0 fully saturated rings. The summed E-state index contributed by atoms with van der Waals surface area (Å²) in [6.07, 6.45) is 3.18. The molecule has 0 bridgehead atoms. The van der Waals surface area contributed by atoms with E-state index in [1.807, 2.05) is 0 Å². The fourth-order valence-electron chi connectivity index (χ4n) is 2.42. The summed E-state index contributed by atoms with van der Waals surface area (Å²) >= 11 is 0. The second kappa shape index (κ2) is 8.62. The molecule has 0 aliphatic rings. The summed E-state index contributed by atoms with van der Waals surface area (Å²) < 4.78 is 10.6. The highest BCUT2D eigenvalue weighted by Gasteiger charge is 2.10. The van der Waals surface area contributed by atoms with E-state index >= 15 is 0 Å². The number of ketones is 1. The van der Waals surface area contributed by atoms with Crippen LogP contribution in [-0.2, 0) is 4.79 Å². The lowest BCUT2D eigenvalue weighted by atomic mass is 10.0. The molecule has 1 aromatic heterocycles. The molecule has 6 nitrogen and oxygen atoms in total. The monoisotopic (exact) mass is 362 g/mol. The Morgan fingerprint density at radius 3 is 2.48 bits per heavy atom. The Balaban J connectivity index is 1.58. The van der Waals surface area contributed by atoms with Gasteiger partial charge in [0.1, 0.15) is 11.5 Å². The van der Waals surface area contributed by atoms with Crippen LogP contribution in [0.3, 0.4) is 0 Å². The van der Waals surface area contributed by atoms with Gasteiger partial charge in [0.2, 0.25) is 0 Å². The number of hydrogen-bond donors (Lipinski definition) is 1. The largest absolute Gasteiger partial charge is 0.497 e. The van der Waals surface area contributed by atoms with E-state index in [0.717, 1.165) is 0 Å². The minimum absolute atomic E-state index is 0.116. The van der Waals surface area contributed by atoms with E-state index in [4.69, 9.17) is 9.47 Å². The van der Waals surface area contributed by atoms with Crippen LogP contribution in [0.4, 0.5) is 5.69 Å². The van der Waals surface area contributed by atoms with Crippen molar-refractivity contribution in [2.24, 2.45) is 0 Å². The lowest BCUT2D eigenvalue weighted by Gasteiger charge is -2.08. The minimum atomic E-state index is -0.292. The van der Waals surface area contributed by atoms with Crippen molar-refractivity contribution in [3.63, 3.8) is 0 Å². The molecule has 6 heteroatoms. The minimum Gasteiger partial charge on any atom is -0.497 e. The second-order valence-electron chi connectivity index (χ2n) is 5.66. The van der Waals surface area contributed by atoms with Gasteiger partial charge >= 0.3 is 0 Å². The normalized spacial score (nSPS) is 10.1. The molecular weight excluding hydrogens is 344 g/mol. The molecular formula is C21H18N2O4. The number of benzene rings is 2. The number of nitrogens with zero attached hydrogens (tertiary/aromatic N) is 1. The number of aromatic nitrogens is 1. The van der Waals surface area contributed by atoms with Gasteiger partial charge in [-0.25, -0.2) is 0 Å². The molecule has 136 valence electrons. The average molecular weight is 362 g/mol. The molecule has 0 spiro atoms. The summed E-state index contributed by atoms with van der Waals surface area (Å²) in [5, 5.41) is 2.68. The van der Waals surface area contributed by atoms with E-state index in [9.17, 15) is 9.59 Å². The lowest BCUT2D eigenvalue weighted by molar-refractivity contribution is -0.118. The number of nitrogens with one attached hydrogen (secondary N) is 1. The number of amides is 1. The van der Waals surface area contributed by atoms with Gasteiger partial charge in [-0.1, -0.05) is 12.1 Å². The van der Waals surface area contributed by atoms with Crippen LogP contribution in [0.1, 0.15) is 15.9 Å². The number of rotatable bonds is 7. The molecule has 27 heavy (non-hydrogen) atoms. The molecule has 3 aromatic rings. The smallest absolute Gasteiger partial charge is 0.262 e. The topological polar surface area (TPSA) is 77.5 Å². The van der Waals surface area contributed by atoms with Crippen molar-refractivity contribution in [1.29, 1.82) is 0 Å². The van der Waals surface area contributed by atoms with Gasteiger partial charge in [0.25, 0.3) is 5.91 Å². The van der Waals surface area contributed by atoms with Crippen LogP contribution in [0.25, 0.3) is 0 Å². The van der Waals surface area contributed by atoms with Crippen LogP contribution < -0.4 is 14.8 Å². The van der Waals surface area contributed by atoms with E-state index in [-0.39, 0.29) is 18.3 Å². The Morgan fingerprint density at radius 1 is 0.963 bits per heavy atom. The van der Waals surface area contributed by atoms with Gasteiger partial charge in [-0.3, -0.25) is 14.6 Å². The van der Waals surface area contributed by atoms with Crippen molar-refractivity contribution in [3.8, 4) is 11.5 Å². The zero-order valence-corrected chi connectivity index (χ0v) is 14.7. The standard InChI is InChI=1S/C21H18N2O4/c1-26-19-6-2-4-16(12-19)21(25)15-7-9-18(10-8-15)27-14-20(24)23-17-5-3-11-22-13-17/h2-13H,14H2,1H3,(H,23,24). The molecule has 3 rings (SSSR count). The number of anilines is 1. The zero-order valence-electron chi connectivity index (χ0n) is 14.7. The Morgan fingerprint density at radius 2 is 1.78 bits per heavy atom. The number of ether oxygens (including phenoxy) is 2. The van der Waals surface area contributed by atoms with E-state index in [2.05, 4.69) is 10.3 Å². The van der Waals surface area contributed by atoms with Crippen molar-refractivity contribution in [2.45, 2.75) is 0 Å². The molecule has 0 radical (unpaired) electrons. The first-order valence-corrected chi connectivity index (χ1v) is 8.27. The first-order valence-electron chi connectivity index (χ1n) is 8.27. The van der Waals surface area contributed by atoms with E-state index in [1.54, 1.807) is 80.2 Å². The Kier molecular flexibility index (Phi) is 5.79. The van der Waals surface area contributed by atoms with Gasteiger partial charge in [0.05, 0.1) is 19.0 Å². The number of carbonyl (C=O) groups excluding carboxylic acids is 2. The first-order chi connectivity index (χ1) is 13.2. The van der Waals surface area contributed by atoms with E-state index < -0.39 is 0 Å². The van der Waals surface area contributed by atoms with Crippen LogP contribution in [0.2, 0.25) is 0 Å². The maximum atomic E-state index is 12.5. The Bertz CT molecular complexity index is 924. The first kappa shape index (κ1) is 18.1. The Labute approximate surface area is 156 Å². The van der Waals surface area contributed by atoms with Crippen molar-refractivity contribution >= 4 is 17.4 Å². The maximum Gasteiger partial charge on any atom is 0.262 e. The fourth-order valence-corrected chi connectivity index (χ4v) is 2.42. The van der Waals surface area contributed by atoms with E-state index in [1.165, 1.54) is 0 Å². The third-order valence-electron chi connectivity index (χ3n) is 3.76. The van der Waals surface area contributed by atoms with Crippen LogP contribution in [0.15, 0.2) is 73.1 Å². The van der Waals surface area contributed by atoms with Crippen molar-refractivity contribution in [2.75, 3.05) is 19.0 Å². The maximum absolute atomic E-state index is 12.5.